The van der Waals surface area contributed by atoms with Crippen molar-refractivity contribution in [3.05, 3.63) is 52.6 Å². The predicted octanol–water partition coefficient (Wildman–Crippen LogP) is 2.41. The number of hydrogen-bond donors (Lipinski definition) is 1. The topological polar surface area (TPSA) is 64.3 Å². The van der Waals surface area contributed by atoms with Gasteiger partial charge in [0, 0.05) is 18.4 Å². The number of carbonyl (C=O) groups excluding carboxylic acids is 1. The van der Waals surface area contributed by atoms with E-state index in [0.717, 1.165) is 30.1 Å². The molecule has 130 valence electrons. The first-order valence-corrected chi connectivity index (χ1v) is 6.87. The van der Waals surface area contributed by atoms with Crippen LogP contribution >= 0.6 is 0 Å². The van der Waals surface area contributed by atoms with E-state index in [2.05, 4.69) is 9.84 Å². The van der Waals surface area contributed by atoms with E-state index in [0.29, 0.717) is 0 Å². The number of aliphatic hydroxyl groups excluding tert-OH is 1. The summed E-state index contributed by atoms with van der Waals surface area (Å²) in [6.45, 7) is -0.641. The van der Waals surface area contributed by atoms with Crippen LogP contribution in [0.25, 0.3) is 0 Å². The van der Waals surface area contributed by atoms with Gasteiger partial charge in [-0.1, -0.05) is 6.07 Å². The summed E-state index contributed by atoms with van der Waals surface area (Å²) in [7, 11) is 1.12. The maximum Gasteiger partial charge on any atom is 0.435 e. The normalized spacial score (nSPS) is 11.6. The molecule has 0 aliphatic heterocycles. The molecule has 0 spiro atoms. The van der Waals surface area contributed by atoms with Gasteiger partial charge in [-0.15, -0.1) is 0 Å². The molecule has 0 aliphatic rings. The van der Waals surface area contributed by atoms with E-state index < -0.39 is 30.3 Å². The molecule has 0 bridgehead atoms. The number of aliphatic hydroxyl groups is 1. The van der Waals surface area contributed by atoms with Gasteiger partial charge in [-0.05, 0) is 24.1 Å². The van der Waals surface area contributed by atoms with Gasteiger partial charge >= 0.3 is 12.1 Å². The number of halogens is 4. The largest absolute Gasteiger partial charge is 0.465 e. The number of hydrogen-bond acceptors (Lipinski definition) is 4. The Labute approximate surface area is 134 Å². The van der Waals surface area contributed by atoms with Gasteiger partial charge in [-0.3, -0.25) is 4.68 Å². The van der Waals surface area contributed by atoms with Gasteiger partial charge in [0.2, 0.25) is 0 Å². The molecule has 0 fully saturated rings. The first-order valence-electron chi connectivity index (χ1n) is 6.87. The molecular formula is C15H14F4N2O3. The zero-order chi connectivity index (χ0) is 17.9. The monoisotopic (exact) mass is 346 g/mol. The van der Waals surface area contributed by atoms with Gasteiger partial charge in [0.25, 0.3) is 0 Å². The number of aromatic nitrogens is 2. The molecule has 1 N–H and O–H groups in total. The summed E-state index contributed by atoms with van der Waals surface area (Å²) >= 11 is 0. The number of alkyl halides is 3. The standard InChI is InChI=1S/C15H14F4N2O3/c1-24-14(23)12-6-11(16)3-2-9(12)7-21-8-10(4-5-22)13(20-21)15(17,18)19/h2-3,6,8,22H,4-5,7H2,1H3. The number of ether oxygens (including phenoxy) is 1. The second-order valence-corrected chi connectivity index (χ2v) is 4.96. The van der Waals surface area contributed by atoms with Crippen molar-refractivity contribution in [1.82, 2.24) is 9.78 Å². The van der Waals surface area contributed by atoms with Gasteiger partial charge in [0.15, 0.2) is 5.69 Å². The van der Waals surface area contributed by atoms with Crippen molar-refractivity contribution in [2.24, 2.45) is 0 Å². The second-order valence-electron chi connectivity index (χ2n) is 4.96. The fourth-order valence-electron chi connectivity index (χ4n) is 2.25. The smallest absolute Gasteiger partial charge is 0.435 e. The minimum Gasteiger partial charge on any atom is -0.465 e. The van der Waals surface area contributed by atoms with Crippen LogP contribution in [-0.2, 0) is 23.9 Å². The average molecular weight is 346 g/mol. The van der Waals surface area contributed by atoms with Crippen LogP contribution < -0.4 is 0 Å². The SMILES string of the molecule is COC(=O)c1cc(F)ccc1Cn1cc(CCO)c(C(F)(F)F)n1. The lowest BCUT2D eigenvalue weighted by molar-refractivity contribution is -0.142. The van der Waals surface area contributed by atoms with Gasteiger partial charge in [-0.2, -0.15) is 18.3 Å². The molecule has 2 aromatic rings. The van der Waals surface area contributed by atoms with E-state index in [1.807, 2.05) is 0 Å². The van der Waals surface area contributed by atoms with Crippen molar-refractivity contribution in [3.63, 3.8) is 0 Å². The Balaban J connectivity index is 2.40. The number of carbonyl (C=O) groups is 1. The third-order valence-corrected chi connectivity index (χ3v) is 3.30. The minimum absolute atomic E-state index is 0.0923. The van der Waals surface area contributed by atoms with Gasteiger partial charge in [-0.25, -0.2) is 9.18 Å². The van der Waals surface area contributed by atoms with Crippen molar-refractivity contribution in [3.8, 4) is 0 Å². The van der Waals surface area contributed by atoms with E-state index in [-0.39, 0.29) is 29.7 Å². The number of rotatable bonds is 5. The highest BCUT2D eigenvalue weighted by atomic mass is 19.4. The predicted molar refractivity (Wildman–Crippen MR) is 74.9 cm³/mol. The van der Waals surface area contributed by atoms with E-state index in [9.17, 15) is 22.4 Å². The summed E-state index contributed by atoms with van der Waals surface area (Å²) in [6, 6.07) is 3.32. The molecule has 2 rings (SSSR count). The van der Waals surface area contributed by atoms with E-state index in [4.69, 9.17) is 5.11 Å². The van der Waals surface area contributed by atoms with Crippen LogP contribution in [0.4, 0.5) is 17.6 Å². The maximum atomic E-state index is 13.3. The molecule has 0 saturated carbocycles. The zero-order valence-corrected chi connectivity index (χ0v) is 12.6. The molecule has 5 nitrogen and oxygen atoms in total. The molecule has 0 saturated heterocycles. The molecule has 0 aliphatic carbocycles. The van der Waals surface area contributed by atoms with Crippen molar-refractivity contribution < 1.29 is 32.2 Å². The Bertz CT molecular complexity index is 741. The summed E-state index contributed by atoms with van der Waals surface area (Å²) in [4.78, 5) is 11.7. The van der Waals surface area contributed by atoms with Crippen LogP contribution in [0.2, 0.25) is 0 Å². The maximum absolute atomic E-state index is 13.3. The summed E-state index contributed by atoms with van der Waals surface area (Å²) in [6.07, 6.45) is -3.73. The van der Waals surface area contributed by atoms with Crippen molar-refractivity contribution in [2.45, 2.75) is 19.1 Å². The zero-order valence-electron chi connectivity index (χ0n) is 12.6. The quantitative estimate of drug-likeness (QED) is 0.667. The summed E-state index contributed by atoms with van der Waals surface area (Å²) in [5.41, 5.74) is -1.09. The van der Waals surface area contributed by atoms with Crippen molar-refractivity contribution in [2.75, 3.05) is 13.7 Å². The molecule has 0 atom stereocenters. The van der Waals surface area contributed by atoms with Gasteiger partial charge in [0.1, 0.15) is 5.82 Å². The Morgan fingerprint density at radius 2 is 2.04 bits per heavy atom. The van der Waals surface area contributed by atoms with Crippen LogP contribution in [0, 0.1) is 5.82 Å². The first-order chi connectivity index (χ1) is 11.3. The molecule has 24 heavy (non-hydrogen) atoms. The van der Waals surface area contributed by atoms with E-state index in [1.165, 1.54) is 6.07 Å². The average Bonchev–Trinajstić information content (AvgIpc) is 2.91. The Kier molecular flexibility index (Phi) is 5.23. The Morgan fingerprint density at radius 3 is 2.62 bits per heavy atom. The molecule has 1 aromatic carbocycles. The fourth-order valence-corrected chi connectivity index (χ4v) is 2.25. The highest BCUT2D eigenvalue weighted by Crippen LogP contribution is 2.31. The summed E-state index contributed by atoms with van der Waals surface area (Å²) < 4.78 is 57.7. The van der Waals surface area contributed by atoms with Gasteiger partial charge in [0.05, 0.1) is 19.2 Å². The molecule has 0 unspecified atom stereocenters. The molecule has 1 heterocycles. The first kappa shape index (κ1) is 17.9. The lowest BCUT2D eigenvalue weighted by Crippen LogP contribution is -2.12. The number of benzene rings is 1. The second kappa shape index (κ2) is 7.00. The highest BCUT2D eigenvalue weighted by Gasteiger charge is 2.36. The lowest BCUT2D eigenvalue weighted by atomic mass is 10.1. The van der Waals surface area contributed by atoms with E-state index >= 15 is 0 Å². The third kappa shape index (κ3) is 3.91. The van der Waals surface area contributed by atoms with Crippen LogP contribution in [-0.4, -0.2) is 34.6 Å². The number of methoxy groups -OCH3 is 1. The van der Waals surface area contributed by atoms with Crippen LogP contribution in [0.1, 0.15) is 27.2 Å². The van der Waals surface area contributed by atoms with E-state index in [1.54, 1.807) is 0 Å². The van der Waals surface area contributed by atoms with Crippen molar-refractivity contribution >= 4 is 5.97 Å². The molecule has 0 amide bonds. The fraction of sp³-hybridized carbons (Fsp3) is 0.333. The Morgan fingerprint density at radius 1 is 1.33 bits per heavy atom. The molecule has 9 heteroatoms. The highest BCUT2D eigenvalue weighted by molar-refractivity contribution is 5.91. The minimum atomic E-state index is -4.66. The van der Waals surface area contributed by atoms with Gasteiger partial charge < -0.3 is 9.84 Å². The third-order valence-electron chi connectivity index (χ3n) is 3.30. The molecule has 0 radical (unpaired) electrons. The van der Waals surface area contributed by atoms with Crippen LogP contribution in [0.15, 0.2) is 24.4 Å². The Hall–Kier alpha value is -2.42. The van der Waals surface area contributed by atoms with Crippen LogP contribution in [0.3, 0.4) is 0 Å². The van der Waals surface area contributed by atoms with Crippen LogP contribution in [0.5, 0.6) is 0 Å². The summed E-state index contributed by atoms with van der Waals surface area (Å²) in [5, 5.41) is 12.4. The summed E-state index contributed by atoms with van der Waals surface area (Å²) in [5.74, 6) is -1.47. The van der Waals surface area contributed by atoms with Crippen molar-refractivity contribution in [1.29, 1.82) is 0 Å². The molecule has 1 aromatic heterocycles. The molecular weight excluding hydrogens is 332 g/mol. The lowest BCUT2D eigenvalue weighted by Gasteiger charge is -2.08. The number of nitrogens with zero attached hydrogens (tertiary/aromatic N) is 2. The number of esters is 1.